The van der Waals surface area contributed by atoms with Crippen molar-refractivity contribution in [2.24, 2.45) is 0 Å². The summed E-state index contributed by atoms with van der Waals surface area (Å²) in [7, 11) is 1.77. The van der Waals surface area contributed by atoms with Crippen molar-refractivity contribution in [2.45, 2.75) is 85.1 Å². The molecule has 0 fully saturated rings. The summed E-state index contributed by atoms with van der Waals surface area (Å²) in [5, 5.41) is 0. The van der Waals surface area contributed by atoms with E-state index in [0.717, 1.165) is 24.0 Å². The van der Waals surface area contributed by atoms with E-state index in [-0.39, 0.29) is 37.3 Å². The smallest absolute Gasteiger partial charge is 0.338 e. The number of esters is 2. The number of nitrogens with zero attached hydrogens (tertiary/aromatic N) is 2. The highest BCUT2D eigenvalue weighted by Gasteiger charge is 2.21. The Bertz CT molecular complexity index is 1030. The molecule has 208 valence electrons. The molecule has 0 N–H and O–H groups in total. The lowest BCUT2D eigenvalue weighted by Crippen LogP contribution is -2.41. The average molecular weight is 525 g/mol. The van der Waals surface area contributed by atoms with Crippen molar-refractivity contribution >= 4 is 17.8 Å². The standard InChI is InChI=1S/C31H44N2O5/c1-7-27(8-2)33(22-25-15-12-16-26(21-25)30(36)38-31(3,4)5)20-19-32(6)28(34)17-18-29(35)37-23-24-13-10-9-11-14-24/h9-16,21,27H,7-8,17-20,22-23H2,1-6H3. The zero-order valence-corrected chi connectivity index (χ0v) is 23.9. The molecule has 1 amide bonds. The summed E-state index contributed by atoms with van der Waals surface area (Å²) in [5.74, 6) is -0.793. The van der Waals surface area contributed by atoms with Crippen LogP contribution in [0.25, 0.3) is 0 Å². The number of likely N-dealkylation sites (N-methyl/N-ethyl adjacent to an activating group) is 1. The first kappa shape index (κ1) is 31.0. The van der Waals surface area contributed by atoms with Crippen molar-refractivity contribution in [2.75, 3.05) is 20.1 Å². The first-order valence-corrected chi connectivity index (χ1v) is 13.5. The van der Waals surface area contributed by atoms with Crippen LogP contribution < -0.4 is 0 Å². The molecule has 7 heteroatoms. The lowest BCUT2D eigenvalue weighted by Gasteiger charge is -2.32. The Morgan fingerprint density at radius 3 is 2.16 bits per heavy atom. The maximum atomic E-state index is 12.7. The van der Waals surface area contributed by atoms with Gasteiger partial charge >= 0.3 is 11.9 Å². The van der Waals surface area contributed by atoms with Crippen LogP contribution in [0.1, 0.15) is 81.8 Å². The summed E-state index contributed by atoms with van der Waals surface area (Å²) in [5.41, 5.74) is 1.93. The molecule has 0 saturated carbocycles. The highest BCUT2D eigenvalue weighted by atomic mass is 16.6. The summed E-state index contributed by atoms with van der Waals surface area (Å²) in [6.07, 6.45) is 2.14. The van der Waals surface area contributed by atoms with Crippen molar-refractivity contribution in [1.29, 1.82) is 0 Å². The molecule has 0 saturated heterocycles. The Hall–Kier alpha value is -3.19. The minimum absolute atomic E-state index is 0.0592. The predicted molar refractivity (Wildman–Crippen MR) is 149 cm³/mol. The summed E-state index contributed by atoms with van der Waals surface area (Å²) >= 11 is 0. The molecule has 2 aromatic rings. The highest BCUT2D eigenvalue weighted by molar-refractivity contribution is 5.89. The Morgan fingerprint density at radius 1 is 0.868 bits per heavy atom. The maximum absolute atomic E-state index is 12.7. The molecule has 2 rings (SSSR count). The van der Waals surface area contributed by atoms with Gasteiger partial charge in [-0.1, -0.05) is 56.3 Å². The topological polar surface area (TPSA) is 76.2 Å². The molecule has 0 aliphatic heterocycles. The molecule has 0 heterocycles. The molecule has 0 aliphatic rings. The van der Waals surface area contributed by atoms with Crippen LogP contribution in [0, 0.1) is 0 Å². The van der Waals surface area contributed by atoms with Gasteiger partial charge in [0.2, 0.25) is 5.91 Å². The van der Waals surface area contributed by atoms with E-state index in [1.165, 1.54) is 0 Å². The first-order valence-electron chi connectivity index (χ1n) is 13.5. The number of ether oxygens (including phenoxy) is 2. The molecule has 0 spiro atoms. The van der Waals surface area contributed by atoms with Crippen LogP contribution >= 0.6 is 0 Å². The Kier molecular flexibility index (Phi) is 12.5. The zero-order valence-electron chi connectivity index (χ0n) is 23.9. The number of carbonyl (C=O) groups is 3. The number of amides is 1. The SMILES string of the molecule is CCC(CC)N(CCN(C)C(=O)CCC(=O)OCc1ccccc1)Cc1cccc(C(=O)OC(C)(C)C)c1. The van der Waals surface area contributed by atoms with Gasteiger partial charge in [0, 0.05) is 39.1 Å². The first-order chi connectivity index (χ1) is 18.0. The second-order valence-corrected chi connectivity index (χ2v) is 10.6. The minimum Gasteiger partial charge on any atom is -0.461 e. The summed E-state index contributed by atoms with van der Waals surface area (Å²) < 4.78 is 10.8. The molecule has 0 aromatic heterocycles. The molecule has 2 aromatic carbocycles. The quantitative estimate of drug-likeness (QED) is 0.299. The zero-order chi connectivity index (χ0) is 28.1. The molecule has 0 aliphatic carbocycles. The van der Waals surface area contributed by atoms with Gasteiger partial charge in [-0.3, -0.25) is 14.5 Å². The Balaban J connectivity index is 1.91. The van der Waals surface area contributed by atoms with Crippen molar-refractivity contribution < 1.29 is 23.9 Å². The van der Waals surface area contributed by atoms with E-state index >= 15 is 0 Å². The van der Waals surface area contributed by atoms with Crippen LogP contribution in [-0.2, 0) is 32.2 Å². The third-order valence-electron chi connectivity index (χ3n) is 6.34. The highest BCUT2D eigenvalue weighted by Crippen LogP contribution is 2.17. The normalized spacial score (nSPS) is 11.5. The van der Waals surface area contributed by atoms with E-state index in [2.05, 4.69) is 18.7 Å². The Labute approximate surface area is 228 Å². The molecular formula is C31H44N2O5. The molecule has 38 heavy (non-hydrogen) atoms. The second kappa shape index (κ2) is 15.3. The molecule has 7 nitrogen and oxygen atoms in total. The van der Waals surface area contributed by atoms with E-state index in [0.29, 0.717) is 31.2 Å². The third kappa shape index (κ3) is 11.1. The van der Waals surface area contributed by atoms with E-state index in [1.807, 2.05) is 69.3 Å². The number of hydrogen-bond acceptors (Lipinski definition) is 6. The van der Waals surface area contributed by atoms with Crippen LogP contribution in [0.15, 0.2) is 54.6 Å². The summed E-state index contributed by atoms with van der Waals surface area (Å²) in [6.45, 7) is 12.0. The summed E-state index contributed by atoms with van der Waals surface area (Å²) in [4.78, 5) is 41.4. The lowest BCUT2D eigenvalue weighted by atomic mass is 10.1. The molecule has 0 atom stereocenters. The van der Waals surface area contributed by atoms with Gasteiger partial charge in [-0.05, 0) is 56.9 Å². The number of benzene rings is 2. The van der Waals surface area contributed by atoms with Crippen molar-refractivity contribution in [3.05, 3.63) is 71.3 Å². The summed E-state index contributed by atoms with van der Waals surface area (Å²) in [6, 6.07) is 17.4. The van der Waals surface area contributed by atoms with Gasteiger partial charge in [0.05, 0.1) is 12.0 Å². The fourth-order valence-corrected chi connectivity index (χ4v) is 4.18. The van der Waals surface area contributed by atoms with E-state index < -0.39 is 5.60 Å². The lowest BCUT2D eigenvalue weighted by molar-refractivity contribution is -0.147. The largest absolute Gasteiger partial charge is 0.461 e. The molecule has 0 unspecified atom stereocenters. The van der Waals surface area contributed by atoms with Gasteiger partial charge in [-0.15, -0.1) is 0 Å². The number of hydrogen-bond donors (Lipinski definition) is 0. The van der Waals surface area contributed by atoms with E-state index in [4.69, 9.17) is 9.47 Å². The van der Waals surface area contributed by atoms with Gasteiger partial charge in [-0.2, -0.15) is 0 Å². The Morgan fingerprint density at radius 2 is 1.53 bits per heavy atom. The van der Waals surface area contributed by atoms with Crippen molar-refractivity contribution in [1.82, 2.24) is 9.80 Å². The van der Waals surface area contributed by atoms with Gasteiger partial charge in [0.15, 0.2) is 0 Å². The van der Waals surface area contributed by atoms with E-state index in [9.17, 15) is 14.4 Å². The van der Waals surface area contributed by atoms with Crippen molar-refractivity contribution in [3.8, 4) is 0 Å². The van der Waals surface area contributed by atoms with Crippen LogP contribution in [0.5, 0.6) is 0 Å². The van der Waals surface area contributed by atoms with Crippen LogP contribution in [0.3, 0.4) is 0 Å². The van der Waals surface area contributed by atoms with Crippen LogP contribution in [-0.4, -0.2) is 59.4 Å². The van der Waals surface area contributed by atoms with Gasteiger partial charge in [0.25, 0.3) is 0 Å². The average Bonchev–Trinajstić information content (AvgIpc) is 2.89. The van der Waals surface area contributed by atoms with Gasteiger partial charge < -0.3 is 14.4 Å². The van der Waals surface area contributed by atoms with Crippen LogP contribution in [0.4, 0.5) is 0 Å². The van der Waals surface area contributed by atoms with Gasteiger partial charge in [-0.25, -0.2) is 4.79 Å². The van der Waals surface area contributed by atoms with Gasteiger partial charge in [0.1, 0.15) is 12.2 Å². The molecular weight excluding hydrogens is 480 g/mol. The maximum Gasteiger partial charge on any atom is 0.338 e. The fourth-order valence-electron chi connectivity index (χ4n) is 4.18. The number of carbonyl (C=O) groups excluding carboxylic acids is 3. The fraction of sp³-hybridized carbons (Fsp3) is 0.516. The molecule has 0 bridgehead atoms. The molecule has 0 radical (unpaired) electrons. The minimum atomic E-state index is -0.551. The van der Waals surface area contributed by atoms with Crippen molar-refractivity contribution in [3.63, 3.8) is 0 Å². The second-order valence-electron chi connectivity index (χ2n) is 10.6. The predicted octanol–water partition coefficient (Wildman–Crippen LogP) is 5.61. The number of rotatable bonds is 14. The van der Waals surface area contributed by atoms with Crippen LogP contribution in [0.2, 0.25) is 0 Å². The van der Waals surface area contributed by atoms with E-state index in [1.54, 1.807) is 18.0 Å². The third-order valence-corrected chi connectivity index (χ3v) is 6.34. The monoisotopic (exact) mass is 524 g/mol.